The van der Waals surface area contributed by atoms with Gasteiger partial charge in [-0.15, -0.1) is 0 Å². The van der Waals surface area contributed by atoms with Crippen LogP contribution in [-0.2, 0) is 0 Å². The summed E-state index contributed by atoms with van der Waals surface area (Å²) in [4.78, 5) is 0. The van der Waals surface area contributed by atoms with Crippen molar-refractivity contribution < 1.29 is 20.4 Å². The Hall–Kier alpha value is -0.200. The predicted molar refractivity (Wildman–Crippen MR) is 28.1 cm³/mol. The number of aliphatic hydroxyl groups is 4. The SMILES string of the molecule is OC(O)=S=C(O)O. The van der Waals surface area contributed by atoms with Crippen LogP contribution in [0.15, 0.2) is 0 Å². The van der Waals surface area contributed by atoms with Crippen molar-refractivity contribution in [3.63, 3.8) is 0 Å². The van der Waals surface area contributed by atoms with Gasteiger partial charge in [-0.05, 0) is 10.9 Å². The molecule has 0 fully saturated rings. The topological polar surface area (TPSA) is 80.9 Å². The fraction of sp³-hybridized carbons (Fsp3) is 0. The van der Waals surface area contributed by atoms with Crippen LogP contribution in [-0.4, -0.2) is 30.9 Å². The van der Waals surface area contributed by atoms with Crippen LogP contribution in [0.3, 0.4) is 0 Å². The monoisotopic (exact) mass is 124 g/mol. The van der Waals surface area contributed by atoms with Crippen LogP contribution in [0.4, 0.5) is 0 Å². The van der Waals surface area contributed by atoms with Gasteiger partial charge in [0.05, 0.1) is 0 Å². The van der Waals surface area contributed by atoms with Gasteiger partial charge in [0, 0.05) is 0 Å². The Bertz CT molecular complexity index is 102. The van der Waals surface area contributed by atoms with E-state index in [9.17, 15) is 0 Å². The molecule has 0 aromatic rings. The highest BCUT2D eigenvalue weighted by molar-refractivity contribution is 7.96. The van der Waals surface area contributed by atoms with Crippen molar-refractivity contribution in [3.8, 4) is 0 Å². The van der Waals surface area contributed by atoms with Crippen molar-refractivity contribution >= 4 is 21.4 Å². The zero-order chi connectivity index (χ0) is 5.86. The van der Waals surface area contributed by atoms with Crippen LogP contribution < -0.4 is 0 Å². The lowest BCUT2D eigenvalue weighted by molar-refractivity contribution is 0.381. The Balaban J connectivity index is 4.13. The van der Waals surface area contributed by atoms with E-state index in [1.54, 1.807) is 0 Å². The molecule has 5 heteroatoms. The van der Waals surface area contributed by atoms with Crippen molar-refractivity contribution in [1.29, 1.82) is 0 Å². The lowest BCUT2D eigenvalue weighted by atomic mass is 11.5. The lowest BCUT2D eigenvalue weighted by Crippen LogP contribution is -1.91. The highest BCUT2D eigenvalue weighted by Gasteiger charge is 1.76. The molecule has 4 nitrogen and oxygen atoms in total. The summed E-state index contributed by atoms with van der Waals surface area (Å²) in [5, 5.41) is 29.1. The smallest absolute Gasteiger partial charge is 0.241 e. The summed E-state index contributed by atoms with van der Waals surface area (Å²) in [5.74, 6) is 0. The maximum atomic E-state index is 7.82. The highest BCUT2D eigenvalue weighted by Crippen LogP contribution is 1.69. The average Bonchev–Trinajstić information content (AvgIpc) is 1.27. The van der Waals surface area contributed by atoms with Crippen LogP contribution in [0.2, 0.25) is 0 Å². The van der Waals surface area contributed by atoms with E-state index in [0.717, 1.165) is 0 Å². The van der Waals surface area contributed by atoms with Gasteiger partial charge in [-0.2, -0.15) is 0 Å². The van der Waals surface area contributed by atoms with Gasteiger partial charge in [0.15, 0.2) is 0 Å². The molecule has 0 saturated carbocycles. The molecule has 0 unspecified atom stereocenters. The summed E-state index contributed by atoms with van der Waals surface area (Å²) in [6, 6.07) is 0. The van der Waals surface area contributed by atoms with E-state index in [1.807, 2.05) is 0 Å². The van der Waals surface area contributed by atoms with E-state index < -0.39 is 10.5 Å². The Morgan fingerprint density at radius 1 is 0.857 bits per heavy atom. The van der Waals surface area contributed by atoms with Gasteiger partial charge < -0.3 is 20.4 Å². The molecule has 0 aromatic heterocycles. The second kappa shape index (κ2) is 2.89. The maximum Gasteiger partial charge on any atom is 0.241 e. The average molecular weight is 124 g/mol. The molecule has 0 heterocycles. The molecular weight excluding hydrogens is 120 g/mol. The van der Waals surface area contributed by atoms with Crippen molar-refractivity contribution in [2.45, 2.75) is 0 Å². The molecule has 0 amide bonds. The Labute approximate surface area is 42.8 Å². The summed E-state index contributed by atoms with van der Waals surface area (Å²) in [7, 11) is 0.0648. The van der Waals surface area contributed by atoms with Crippen LogP contribution in [0.5, 0.6) is 0 Å². The molecule has 4 N–H and O–H groups in total. The van der Waals surface area contributed by atoms with Gasteiger partial charge >= 0.3 is 0 Å². The van der Waals surface area contributed by atoms with Gasteiger partial charge in [-0.25, -0.2) is 0 Å². The largest absolute Gasteiger partial charge is 0.333 e. The van der Waals surface area contributed by atoms with E-state index in [2.05, 4.69) is 0 Å². The van der Waals surface area contributed by atoms with E-state index in [-0.39, 0.29) is 10.9 Å². The summed E-state index contributed by atoms with van der Waals surface area (Å²) in [6.07, 6.45) is 0. The molecule has 0 radical (unpaired) electrons. The molecule has 7 heavy (non-hydrogen) atoms. The van der Waals surface area contributed by atoms with Gasteiger partial charge in [0.2, 0.25) is 10.5 Å². The molecule has 0 saturated heterocycles. The minimum atomic E-state index is -1.08. The fourth-order valence-electron chi connectivity index (χ4n) is 0.0816. The lowest BCUT2D eigenvalue weighted by Gasteiger charge is -1.75. The van der Waals surface area contributed by atoms with Crippen LogP contribution in [0.25, 0.3) is 0 Å². The predicted octanol–water partition coefficient (Wildman–Crippen LogP) is 0.126. The molecule has 0 atom stereocenters. The molecule has 0 rings (SSSR count). The highest BCUT2D eigenvalue weighted by atomic mass is 32.1. The molecule has 0 aromatic carbocycles. The zero-order valence-corrected chi connectivity index (χ0v) is 4.01. The molecule has 0 aliphatic rings. The third-order valence-corrected chi connectivity index (χ3v) is 0.548. The third kappa shape index (κ3) is 5.80. The first-order valence-corrected chi connectivity index (χ1v) is 2.12. The maximum absolute atomic E-state index is 7.82. The van der Waals surface area contributed by atoms with Crippen LogP contribution in [0.1, 0.15) is 0 Å². The first-order valence-electron chi connectivity index (χ1n) is 1.30. The van der Waals surface area contributed by atoms with Crippen molar-refractivity contribution in [2.75, 3.05) is 0 Å². The normalized spacial score (nSPS) is 8.00. The number of rotatable bonds is 0. The first-order chi connectivity index (χ1) is 3.13. The quantitative estimate of drug-likeness (QED) is 0.346. The van der Waals surface area contributed by atoms with Crippen LogP contribution in [0, 0.1) is 0 Å². The Kier molecular flexibility index (Phi) is 2.81. The zero-order valence-electron chi connectivity index (χ0n) is 3.20. The van der Waals surface area contributed by atoms with E-state index in [1.165, 1.54) is 0 Å². The summed E-state index contributed by atoms with van der Waals surface area (Å²) in [5.41, 5.74) is 0. The molecule has 42 valence electrons. The number of aliphatic hydroxyl groups excluding tert-OH is 2. The number of hydrogen-bond acceptors (Lipinski definition) is 0. The van der Waals surface area contributed by atoms with Gasteiger partial charge in [0.1, 0.15) is 0 Å². The molecular formula is C2H4O4S. The second-order valence-electron chi connectivity index (χ2n) is 0.667. The van der Waals surface area contributed by atoms with Gasteiger partial charge in [-0.1, -0.05) is 0 Å². The summed E-state index contributed by atoms with van der Waals surface area (Å²) in [6.45, 7) is 0. The summed E-state index contributed by atoms with van der Waals surface area (Å²) >= 11 is 0. The first kappa shape index (κ1) is 6.80. The Morgan fingerprint density at radius 3 is 1.14 bits per heavy atom. The van der Waals surface area contributed by atoms with E-state index in [4.69, 9.17) is 20.4 Å². The number of hydrogen-bond donors (Lipinski definition) is 4. The molecule has 0 spiro atoms. The molecule has 0 aliphatic carbocycles. The van der Waals surface area contributed by atoms with Gasteiger partial charge in [0.25, 0.3) is 0 Å². The van der Waals surface area contributed by atoms with E-state index in [0.29, 0.717) is 0 Å². The molecule has 0 aliphatic heterocycles. The fourth-order valence-corrected chi connectivity index (χ4v) is 0.245. The molecule has 0 bridgehead atoms. The third-order valence-electron chi connectivity index (χ3n) is 0.183. The summed E-state index contributed by atoms with van der Waals surface area (Å²) < 4.78 is 0. The van der Waals surface area contributed by atoms with E-state index >= 15 is 0 Å². The Morgan fingerprint density at radius 2 is 1.14 bits per heavy atom. The van der Waals surface area contributed by atoms with Crippen molar-refractivity contribution in [1.82, 2.24) is 0 Å². The minimum Gasteiger partial charge on any atom is -0.333 e. The van der Waals surface area contributed by atoms with Crippen molar-refractivity contribution in [3.05, 3.63) is 0 Å². The standard InChI is InChI=1S/C2H4O4S/c3-1(4)7-2(5)6/h3-6H. The van der Waals surface area contributed by atoms with Crippen molar-refractivity contribution in [2.24, 2.45) is 0 Å². The second-order valence-corrected chi connectivity index (χ2v) is 1.60. The minimum absolute atomic E-state index is 0.0648. The van der Waals surface area contributed by atoms with Crippen LogP contribution >= 0.6 is 10.9 Å². The van der Waals surface area contributed by atoms with Gasteiger partial charge in [-0.3, -0.25) is 0 Å².